The molecule has 9 aromatic rings. The van der Waals surface area contributed by atoms with Crippen LogP contribution in [0.3, 0.4) is 0 Å². The zero-order valence-corrected chi connectivity index (χ0v) is 54.3. The summed E-state index contributed by atoms with van der Waals surface area (Å²) in [6, 6.07) is 34.9. The van der Waals surface area contributed by atoms with Gasteiger partial charge in [0.05, 0.1) is 50.1 Å². The number of aromatic nitrogens is 6. The second-order valence-corrected chi connectivity index (χ2v) is 21.2. The fraction of sp³-hybridized carbons (Fsp3) is 0.197. The van der Waals surface area contributed by atoms with Gasteiger partial charge < -0.3 is 65.4 Å². The molecule has 6 aromatic carbocycles. The molecule has 0 saturated heterocycles. The van der Waals surface area contributed by atoms with E-state index >= 15 is 0 Å². The summed E-state index contributed by atoms with van der Waals surface area (Å²) < 4.78 is 116. The summed E-state index contributed by atoms with van der Waals surface area (Å²) in [6.07, 6.45) is 2.32. The van der Waals surface area contributed by atoms with Gasteiger partial charge in [-0.2, -0.15) is 20.2 Å². The lowest BCUT2D eigenvalue weighted by atomic mass is 10.0. The number of Topliss-reactive ketones (excluding diaryl/α,β-unsaturated/α-hetero) is 2. The smallest absolute Gasteiger partial charge is 0.229 e. The lowest BCUT2D eigenvalue weighted by Crippen LogP contribution is -2.06. The van der Waals surface area contributed by atoms with E-state index in [2.05, 4.69) is 81.5 Å². The Hall–Kier alpha value is -11.8. The topological polar surface area (TPSA) is 283 Å². The van der Waals surface area contributed by atoms with Gasteiger partial charge in [-0.05, 0) is 114 Å². The van der Waals surface area contributed by atoms with Crippen LogP contribution in [0.15, 0.2) is 182 Å². The second kappa shape index (κ2) is 37.5. The minimum Gasteiger partial charge on any atom is -0.488 e. The number of benzene rings is 6. The van der Waals surface area contributed by atoms with Gasteiger partial charge in [-0.15, -0.1) is 0 Å². The van der Waals surface area contributed by atoms with Crippen molar-refractivity contribution < 1.29 is 69.5 Å². The number of nitrogens with zero attached hydrogens (tertiary/aromatic N) is 7. The van der Waals surface area contributed by atoms with Crippen LogP contribution in [-0.4, -0.2) is 108 Å². The first kappa shape index (κ1) is 74.6. The molecule has 0 aliphatic rings. The minimum absolute atomic E-state index is 0.0132. The molecule has 0 aliphatic heterocycles. The predicted octanol–water partition coefficient (Wildman–Crippen LogP) is 14.3. The molecule has 0 amide bonds. The minimum atomic E-state index is -1.12. The number of hydrogen-bond donors (Lipinski definition) is 7. The average Bonchev–Trinajstić information content (AvgIpc) is 0.877. The lowest BCUT2D eigenvalue weighted by Gasteiger charge is -2.12. The molecule has 0 aliphatic carbocycles. The van der Waals surface area contributed by atoms with E-state index in [9.17, 15) is 41.0 Å². The molecule has 514 valence electrons. The molecule has 7 N–H and O–H groups in total. The van der Waals surface area contributed by atoms with E-state index in [4.69, 9.17) is 33.7 Å². The van der Waals surface area contributed by atoms with E-state index in [0.29, 0.717) is 70.7 Å². The van der Waals surface area contributed by atoms with Crippen molar-refractivity contribution in [2.24, 2.45) is 0 Å². The molecule has 1 unspecified atom stereocenters. The molecule has 9 rings (SSSR count). The summed E-state index contributed by atoms with van der Waals surface area (Å²) in [5.74, 6) is -3.66. The van der Waals surface area contributed by atoms with Crippen molar-refractivity contribution in [1.29, 1.82) is 5.26 Å². The molecule has 3 heterocycles. The number of allylic oxidation sites excluding steroid dienone is 2. The number of aliphatic hydroxyl groups excluding tert-OH is 1. The van der Waals surface area contributed by atoms with Crippen LogP contribution in [0.1, 0.15) is 36.6 Å². The van der Waals surface area contributed by atoms with Crippen LogP contribution < -0.4 is 46.1 Å². The molecule has 28 heteroatoms. The van der Waals surface area contributed by atoms with Crippen molar-refractivity contribution in [2.75, 3.05) is 92.9 Å². The maximum Gasteiger partial charge on any atom is 0.229 e. The highest BCUT2D eigenvalue weighted by Crippen LogP contribution is 2.30. The first-order valence-electron chi connectivity index (χ1n) is 30.0. The number of ketones is 2. The van der Waals surface area contributed by atoms with Gasteiger partial charge in [0, 0.05) is 86.5 Å². The quantitative estimate of drug-likeness (QED) is 0.00893. The maximum atomic E-state index is 14.3. The van der Waals surface area contributed by atoms with E-state index < -0.39 is 41.0 Å². The third-order valence-electron chi connectivity index (χ3n) is 13.5. The summed E-state index contributed by atoms with van der Waals surface area (Å²) in [6.45, 7) is 15.8. The number of hydrogen-bond acceptors (Lipinski definition) is 22. The van der Waals surface area contributed by atoms with Gasteiger partial charge in [0.25, 0.3) is 0 Å². The van der Waals surface area contributed by atoms with Crippen molar-refractivity contribution in [3.05, 3.63) is 234 Å². The predicted molar refractivity (Wildman–Crippen MR) is 363 cm³/mol. The number of aliphatic hydroxyl groups is 1. The molecule has 0 fully saturated rings. The Morgan fingerprint density at radius 2 is 0.798 bits per heavy atom. The molecule has 0 saturated carbocycles. The molecular weight excluding hydrogens is 1290 g/mol. The van der Waals surface area contributed by atoms with E-state index in [1.165, 1.54) is 57.7 Å². The number of carbonyl (C=O) groups is 2. The molecule has 0 radical (unpaired) electrons. The summed E-state index contributed by atoms with van der Waals surface area (Å²) in [5.41, 5.74) is 5.71. The van der Waals surface area contributed by atoms with Crippen LogP contribution in [0.5, 0.6) is 17.2 Å². The van der Waals surface area contributed by atoms with E-state index in [-0.39, 0.29) is 102 Å². The number of methoxy groups -OCH3 is 3. The highest BCUT2D eigenvalue weighted by molar-refractivity contribution is 5.96. The molecule has 1 atom stereocenters. The number of nitriles is 1. The molecule has 0 spiro atoms. The highest BCUT2D eigenvalue weighted by Gasteiger charge is 2.17. The van der Waals surface area contributed by atoms with Gasteiger partial charge >= 0.3 is 0 Å². The van der Waals surface area contributed by atoms with Crippen molar-refractivity contribution in [1.82, 2.24) is 29.9 Å². The molecule has 99 heavy (non-hydrogen) atoms. The van der Waals surface area contributed by atoms with E-state index in [0.717, 1.165) is 29.7 Å². The monoisotopic (exact) mass is 1360 g/mol. The van der Waals surface area contributed by atoms with Crippen molar-refractivity contribution >= 4 is 81.0 Å². The summed E-state index contributed by atoms with van der Waals surface area (Å²) >= 11 is 0. The number of halogens is 6. The van der Waals surface area contributed by atoms with Gasteiger partial charge in [-0.1, -0.05) is 56.1 Å². The van der Waals surface area contributed by atoms with Crippen molar-refractivity contribution in [3.8, 4) is 23.3 Å². The van der Waals surface area contributed by atoms with Crippen molar-refractivity contribution in [2.45, 2.75) is 32.8 Å². The molecule has 0 bridgehead atoms. The van der Waals surface area contributed by atoms with Crippen molar-refractivity contribution in [3.63, 3.8) is 0 Å². The fourth-order valence-corrected chi connectivity index (χ4v) is 8.28. The van der Waals surface area contributed by atoms with Crippen LogP contribution in [0.25, 0.3) is 0 Å². The first-order valence-corrected chi connectivity index (χ1v) is 30.0. The van der Waals surface area contributed by atoms with Gasteiger partial charge in [-0.3, -0.25) is 9.59 Å². The number of anilines is 12. The average molecular weight is 1360 g/mol. The Morgan fingerprint density at radius 3 is 1.15 bits per heavy atom. The Labute approximate surface area is 566 Å². The van der Waals surface area contributed by atoms with Gasteiger partial charge in [0.2, 0.25) is 17.8 Å². The van der Waals surface area contributed by atoms with Gasteiger partial charge in [0.1, 0.15) is 25.9 Å². The number of carbonyl (C=O) groups excluding carboxylic acids is 2. The lowest BCUT2D eigenvalue weighted by molar-refractivity contribution is -0.115. The zero-order valence-electron chi connectivity index (χ0n) is 54.3. The van der Waals surface area contributed by atoms with E-state index in [1.807, 2.05) is 0 Å². The fourth-order valence-electron chi connectivity index (χ4n) is 8.28. The molecular formula is C71H69F6N13O9. The van der Waals surface area contributed by atoms with Crippen LogP contribution in [0.2, 0.25) is 0 Å². The van der Waals surface area contributed by atoms with Crippen LogP contribution in [0, 0.1) is 46.2 Å². The zero-order chi connectivity index (χ0) is 71.4. The Morgan fingerprint density at radius 1 is 0.455 bits per heavy atom. The second-order valence-electron chi connectivity index (χ2n) is 21.2. The Balaban J connectivity index is 0.000000209. The highest BCUT2D eigenvalue weighted by atomic mass is 19.1. The Bertz CT molecular complexity index is 4320. The number of rotatable bonds is 32. The third-order valence-corrected chi connectivity index (χ3v) is 13.5. The first-order chi connectivity index (χ1) is 47.6. The van der Waals surface area contributed by atoms with E-state index in [1.54, 1.807) is 111 Å². The van der Waals surface area contributed by atoms with Gasteiger partial charge in [-0.25, -0.2) is 41.3 Å². The summed E-state index contributed by atoms with van der Waals surface area (Å²) in [5, 5.41) is 35.9. The van der Waals surface area contributed by atoms with Crippen LogP contribution in [0.4, 0.5) is 95.8 Å². The van der Waals surface area contributed by atoms with Crippen LogP contribution in [-0.2, 0) is 36.6 Å². The molecule has 3 aromatic heterocycles. The number of nitrogens with one attached hydrogen (secondary N) is 6. The standard InChI is InChI=1S/2C24H24F2N4O3.C23H21F2N5O3/c1-15(2)21(31)12-16-4-6-17(7-5-16)28-23-20(26)14-27-24(30-23)29-18-8-9-22(19(25)13-18)33-11-10-32-3;1-15(2)21(31)12-16-5-4-6-17(11-16)28-23-20(26)14-27-24(30-23)29-18-7-8-22(19(25)13-18)33-10-9-32-3;1-14(12-26)21(31)15-3-5-16(6-4-15)28-22-19(25)13-27-23(30-22)29-17-7-8-20(18(24)11-17)33-10-9-32-2/h4-9,13-14H,1,10-12H2,2-3H3,(H2,27,28,29,30);4-8,11,13-14H,1,9-10,12H2,2-3H3,(H2,27,28,29,30);3-8,11,13,21,31H,1,9-10H2,2H3,(H2,27,28,29,30). The maximum absolute atomic E-state index is 14.3. The normalized spacial score (nSPS) is 10.8. The van der Waals surface area contributed by atoms with Crippen LogP contribution >= 0.6 is 0 Å². The Kier molecular flexibility index (Phi) is 28.3. The summed E-state index contributed by atoms with van der Waals surface area (Å²) in [4.78, 5) is 47.7. The molecule has 22 nitrogen and oxygen atoms in total. The number of ether oxygens (including phenoxy) is 6. The third kappa shape index (κ3) is 23.5. The van der Waals surface area contributed by atoms with Gasteiger partial charge in [0.15, 0.2) is 81.2 Å². The summed E-state index contributed by atoms with van der Waals surface area (Å²) in [7, 11) is 4.58. The largest absolute Gasteiger partial charge is 0.488 e. The SMILES string of the molecule is C=C(C#N)C(O)c1ccc(Nc2nc(Nc3ccc(OCCOC)c(F)c3)ncc2F)cc1.C=C(C)C(=O)Cc1ccc(Nc2nc(Nc3ccc(OCCOC)c(F)c3)ncc2F)cc1.C=C(C)C(=O)Cc1cccc(Nc2nc(Nc3ccc(OCCOC)c(F)c3)ncc2F)c1.